The van der Waals surface area contributed by atoms with Crippen LogP contribution in [0.5, 0.6) is 5.75 Å². The van der Waals surface area contributed by atoms with E-state index in [1.165, 1.54) is 22.6 Å². The second kappa shape index (κ2) is 11.5. The van der Waals surface area contributed by atoms with Crippen LogP contribution in [0.4, 0.5) is 17.1 Å². The minimum absolute atomic E-state index is 0. The highest BCUT2D eigenvalue weighted by atomic mass is 35.5. The maximum atomic E-state index is 5.88. The van der Waals surface area contributed by atoms with Crippen molar-refractivity contribution in [2.45, 2.75) is 26.3 Å². The molecule has 4 aromatic carbocycles. The van der Waals surface area contributed by atoms with Crippen LogP contribution < -0.4 is 21.6 Å². The molecule has 0 saturated heterocycles. The molecule has 0 unspecified atom stereocenters. The molecule has 0 fully saturated rings. The molecule has 2 nitrogen and oxygen atoms in total. The molecule has 0 bridgehead atoms. The molecule has 0 heterocycles. The molecule has 0 saturated carbocycles. The van der Waals surface area contributed by atoms with Crippen LogP contribution in [0.15, 0.2) is 115 Å². The number of quaternary nitrogens is 1. The van der Waals surface area contributed by atoms with Crippen molar-refractivity contribution in [2.24, 2.45) is 0 Å². The van der Waals surface area contributed by atoms with E-state index >= 15 is 0 Å². The minimum atomic E-state index is 0. The molecule has 3 heteroatoms. The van der Waals surface area contributed by atoms with Gasteiger partial charge in [0, 0.05) is 5.56 Å². The summed E-state index contributed by atoms with van der Waals surface area (Å²) >= 11 is 0. The summed E-state index contributed by atoms with van der Waals surface area (Å²) in [5.74, 6) is 0.939. The fourth-order valence-electron chi connectivity index (χ4n) is 4.07. The molecule has 0 aliphatic rings. The Labute approximate surface area is 198 Å². The third-order valence-electron chi connectivity index (χ3n) is 5.70. The van der Waals surface area contributed by atoms with E-state index in [4.69, 9.17) is 4.74 Å². The summed E-state index contributed by atoms with van der Waals surface area (Å²) in [6, 6.07) is 40.9. The quantitative estimate of drug-likeness (QED) is 0.260. The van der Waals surface area contributed by atoms with E-state index in [0.717, 1.165) is 31.7 Å². The lowest BCUT2D eigenvalue weighted by Gasteiger charge is -2.37. The molecule has 0 atom stereocenters. The van der Waals surface area contributed by atoms with Crippen LogP contribution in [-0.4, -0.2) is 6.61 Å². The first-order valence-corrected chi connectivity index (χ1v) is 11.1. The molecule has 0 aliphatic carbocycles. The standard InChI is InChI=1S/C29H30NO.ClH/c1-2-3-23-31-29-21-19-25(20-22-29)24-30(26-13-7-4-8-14-26,27-15-9-5-10-16-27)28-17-11-6-12-18-28;/h4-22H,2-3,23-24H2,1H3;1H/q+1;/p-1. The largest absolute Gasteiger partial charge is 1.00 e. The summed E-state index contributed by atoms with van der Waals surface area (Å²) in [5, 5.41) is 0. The van der Waals surface area contributed by atoms with Crippen molar-refractivity contribution < 1.29 is 17.1 Å². The lowest BCUT2D eigenvalue weighted by atomic mass is 10.1. The van der Waals surface area contributed by atoms with E-state index in [1.807, 2.05) is 0 Å². The SMILES string of the molecule is CCCCOc1ccc(C[N+](c2ccccc2)(c2ccccc2)c2ccccc2)cc1.[Cl-]. The fourth-order valence-corrected chi connectivity index (χ4v) is 4.07. The van der Waals surface area contributed by atoms with Crippen LogP contribution >= 0.6 is 0 Å². The van der Waals surface area contributed by atoms with Gasteiger partial charge >= 0.3 is 0 Å². The first kappa shape index (κ1) is 23.6. The van der Waals surface area contributed by atoms with Crippen molar-refractivity contribution >= 4 is 17.1 Å². The predicted octanol–water partition coefficient (Wildman–Crippen LogP) is 5.04. The highest BCUT2D eigenvalue weighted by molar-refractivity contribution is 5.70. The van der Waals surface area contributed by atoms with E-state index in [-0.39, 0.29) is 12.4 Å². The van der Waals surface area contributed by atoms with Crippen LogP contribution in [0.2, 0.25) is 0 Å². The lowest BCUT2D eigenvalue weighted by molar-refractivity contribution is -0.00000667. The molecular weight excluding hydrogens is 414 g/mol. The van der Waals surface area contributed by atoms with Gasteiger partial charge in [-0.1, -0.05) is 67.9 Å². The molecule has 0 spiro atoms. The van der Waals surface area contributed by atoms with Gasteiger partial charge in [-0.2, -0.15) is 0 Å². The monoisotopic (exact) mass is 443 g/mol. The maximum absolute atomic E-state index is 5.88. The topological polar surface area (TPSA) is 9.23 Å². The smallest absolute Gasteiger partial charge is 0.143 e. The molecule has 0 N–H and O–H groups in total. The number of unbranched alkanes of at least 4 members (excludes halogenated alkanes) is 1. The van der Waals surface area contributed by atoms with Gasteiger partial charge in [-0.05, 0) is 67.1 Å². The van der Waals surface area contributed by atoms with Gasteiger partial charge in [0.1, 0.15) is 29.4 Å². The summed E-state index contributed by atoms with van der Waals surface area (Å²) < 4.78 is 6.50. The third-order valence-corrected chi connectivity index (χ3v) is 5.70. The molecule has 4 aromatic rings. The van der Waals surface area contributed by atoms with E-state index in [0.29, 0.717) is 4.48 Å². The van der Waals surface area contributed by atoms with Gasteiger partial charge in [0.25, 0.3) is 0 Å². The number of para-hydroxylation sites is 3. The summed E-state index contributed by atoms with van der Waals surface area (Å²) in [6.45, 7) is 3.77. The first-order chi connectivity index (χ1) is 15.3. The predicted molar refractivity (Wildman–Crippen MR) is 131 cm³/mol. The zero-order valence-electron chi connectivity index (χ0n) is 18.5. The van der Waals surface area contributed by atoms with Crippen LogP contribution in [0, 0.1) is 0 Å². The summed E-state index contributed by atoms with van der Waals surface area (Å²) in [6.07, 6.45) is 2.22. The Bertz CT molecular complexity index is 954. The Morgan fingerprint density at radius 2 is 1.03 bits per heavy atom. The van der Waals surface area contributed by atoms with Gasteiger partial charge in [-0.3, -0.25) is 0 Å². The second-order valence-electron chi connectivity index (χ2n) is 7.82. The fraction of sp³-hybridized carbons (Fsp3) is 0.172. The van der Waals surface area contributed by atoms with Crippen molar-refractivity contribution in [2.75, 3.05) is 6.61 Å². The van der Waals surface area contributed by atoms with Crippen molar-refractivity contribution in [3.05, 3.63) is 121 Å². The van der Waals surface area contributed by atoms with Crippen molar-refractivity contribution in [1.82, 2.24) is 4.48 Å². The van der Waals surface area contributed by atoms with E-state index in [9.17, 15) is 0 Å². The normalized spacial score (nSPS) is 10.9. The van der Waals surface area contributed by atoms with E-state index in [1.54, 1.807) is 0 Å². The summed E-state index contributed by atoms with van der Waals surface area (Å²) in [5.41, 5.74) is 4.98. The highest BCUT2D eigenvalue weighted by Gasteiger charge is 2.36. The van der Waals surface area contributed by atoms with Crippen LogP contribution in [-0.2, 0) is 6.54 Å². The van der Waals surface area contributed by atoms with Crippen molar-refractivity contribution in [1.29, 1.82) is 0 Å². The first-order valence-electron chi connectivity index (χ1n) is 11.1. The van der Waals surface area contributed by atoms with E-state index in [2.05, 4.69) is 122 Å². The average molecular weight is 444 g/mol. The molecule has 164 valence electrons. The maximum Gasteiger partial charge on any atom is 0.143 e. The zero-order valence-corrected chi connectivity index (χ0v) is 19.3. The van der Waals surface area contributed by atoms with Gasteiger partial charge in [0.05, 0.1) is 6.61 Å². The molecule has 0 aliphatic heterocycles. The minimum Gasteiger partial charge on any atom is -1.00 e. The number of benzene rings is 4. The number of ether oxygens (including phenoxy) is 1. The number of halogens is 1. The Morgan fingerprint density at radius 1 is 0.594 bits per heavy atom. The molecule has 0 amide bonds. The lowest BCUT2D eigenvalue weighted by Crippen LogP contribution is -3.00. The van der Waals surface area contributed by atoms with Crippen molar-refractivity contribution in [3.8, 4) is 5.75 Å². The third kappa shape index (κ3) is 5.21. The Morgan fingerprint density at radius 3 is 1.44 bits per heavy atom. The number of hydrogen-bond donors (Lipinski definition) is 0. The Hall–Kier alpha value is -3.07. The van der Waals surface area contributed by atoms with Crippen molar-refractivity contribution in [3.63, 3.8) is 0 Å². The Balaban J connectivity index is 0.00000289. The van der Waals surface area contributed by atoms with Crippen LogP contribution in [0.1, 0.15) is 25.3 Å². The van der Waals surface area contributed by atoms with Gasteiger partial charge in [0.2, 0.25) is 0 Å². The van der Waals surface area contributed by atoms with Gasteiger partial charge < -0.3 is 17.1 Å². The van der Waals surface area contributed by atoms with Crippen LogP contribution in [0.25, 0.3) is 0 Å². The summed E-state index contributed by atoms with van der Waals surface area (Å²) in [7, 11) is 0. The number of nitrogens with zero attached hydrogens (tertiary/aromatic N) is 1. The summed E-state index contributed by atoms with van der Waals surface area (Å²) in [4.78, 5) is 0. The van der Waals surface area contributed by atoms with Crippen LogP contribution in [0.3, 0.4) is 0 Å². The van der Waals surface area contributed by atoms with Gasteiger partial charge in [-0.25, -0.2) is 4.48 Å². The molecule has 32 heavy (non-hydrogen) atoms. The molecular formula is C29H30ClNO. The van der Waals surface area contributed by atoms with Gasteiger partial charge in [-0.15, -0.1) is 0 Å². The number of hydrogen-bond acceptors (Lipinski definition) is 1. The molecule has 4 rings (SSSR count). The van der Waals surface area contributed by atoms with E-state index < -0.39 is 0 Å². The Kier molecular flexibility index (Phi) is 8.49. The molecule has 0 radical (unpaired) electrons. The number of rotatable bonds is 9. The molecule has 0 aromatic heterocycles. The highest BCUT2D eigenvalue weighted by Crippen LogP contribution is 2.45. The van der Waals surface area contributed by atoms with Gasteiger partial charge in [0.15, 0.2) is 0 Å². The zero-order chi connectivity index (χ0) is 21.4. The average Bonchev–Trinajstić information content (AvgIpc) is 2.85. The second-order valence-corrected chi connectivity index (χ2v) is 7.82.